The molecule has 2 saturated heterocycles. The number of hydrogen-bond acceptors (Lipinski definition) is 6. The van der Waals surface area contributed by atoms with Crippen LogP contribution in [0.25, 0.3) is 0 Å². The number of amides is 3. The van der Waals surface area contributed by atoms with E-state index >= 15 is 0 Å². The Labute approximate surface area is 184 Å². The molecular formula is C20H20ClN3O6S. The number of carbonyl (C=O) groups is 3. The Kier molecular flexibility index (Phi) is 5.52. The zero-order valence-electron chi connectivity index (χ0n) is 16.7. The van der Waals surface area contributed by atoms with Gasteiger partial charge in [-0.05, 0) is 30.3 Å². The second-order valence-corrected chi connectivity index (χ2v) is 9.78. The molecule has 2 aromatic rings. The second kappa shape index (κ2) is 8.01. The summed E-state index contributed by atoms with van der Waals surface area (Å²) in [5.74, 6) is -1.72. The molecule has 0 bridgehead atoms. The Balaban J connectivity index is 1.46. The van der Waals surface area contributed by atoms with E-state index in [0.717, 1.165) is 4.31 Å². The lowest BCUT2D eigenvalue weighted by molar-refractivity contribution is -0.119. The number of benzene rings is 1. The molecule has 1 unspecified atom stereocenters. The number of sulfonamides is 1. The lowest BCUT2D eigenvalue weighted by Crippen LogP contribution is -2.50. The smallest absolute Gasteiger partial charge is 0.289 e. The van der Waals surface area contributed by atoms with Crippen molar-refractivity contribution in [3.63, 3.8) is 0 Å². The molecule has 11 heteroatoms. The van der Waals surface area contributed by atoms with Gasteiger partial charge in [0.05, 0.1) is 34.2 Å². The summed E-state index contributed by atoms with van der Waals surface area (Å²) in [5.41, 5.74) is 0.318. The molecule has 1 aromatic carbocycles. The van der Waals surface area contributed by atoms with Crippen LogP contribution in [0.15, 0.2) is 41.0 Å². The van der Waals surface area contributed by atoms with Gasteiger partial charge in [0.2, 0.25) is 15.9 Å². The average Bonchev–Trinajstić information content (AvgIpc) is 3.33. The predicted octanol–water partition coefficient (Wildman–Crippen LogP) is 1.84. The first-order valence-corrected chi connectivity index (χ1v) is 11.7. The minimum Gasteiger partial charge on any atom is -0.459 e. The first kappa shape index (κ1) is 21.4. The largest absolute Gasteiger partial charge is 0.459 e. The molecule has 2 aliphatic heterocycles. The molecule has 0 spiro atoms. The maximum Gasteiger partial charge on any atom is 0.289 e. The van der Waals surface area contributed by atoms with Crippen LogP contribution >= 0.6 is 11.6 Å². The Morgan fingerprint density at radius 2 is 1.71 bits per heavy atom. The monoisotopic (exact) mass is 465 g/mol. The Morgan fingerprint density at radius 1 is 1.06 bits per heavy atom. The van der Waals surface area contributed by atoms with E-state index in [9.17, 15) is 22.8 Å². The molecule has 3 heterocycles. The molecule has 0 radical (unpaired) electrons. The number of furan rings is 1. The van der Waals surface area contributed by atoms with Crippen molar-refractivity contribution in [2.75, 3.05) is 36.2 Å². The fraction of sp³-hybridized carbons (Fsp3) is 0.350. The lowest BCUT2D eigenvalue weighted by atomic mass is 10.1. The van der Waals surface area contributed by atoms with Crippen LogP contribution in [-0.4, -0.2) is 67.9 Å². The van der Waals surface area contributed by atoms with Crippen molar-refractivity contribution < 1.29 is 27.2 Å². The summed E-state index contributed by atoms with van der Waals surface area (Å²) in [7, 11) is -3.76. The van der Waals surface area contributed by atoms with E-state index in [0.29, 0.717) is 26.2 Å². The van der Waals surface area contributed by atoms with Gasteiger partial charge in [0.25, 0.3) is 11.8 Å². The minimum atomic E-state index is -3.76. The lowest BCUT2D eigenvalue weighted by Gasteiger charge is -2.34. The highest BCUT2D eigenvalue weighted by Crippen LogP contribution is 2.32. The minimum absolute atomic E-state index is 0.0548. The van der Waals surface area contributed by atoms with Gasteiger partial charge in [-0.15, -0.1) is 0 Å². The molecule has 4 rings (SSSR count). The SMILES string of the molecule is CC1CS(=O)(=O)N(c2ccc(C(=O)N3CCN(C(=O)c4ccco4)CC3)c(Cl)c2)C1=O. The van der Waals surface area contributed by atoms with Gasteiger partial charge in [0, 0.05) is 26.2 Å². The van der Waals surface area contributed by atoms with Gasteiger partial charge in [0.15, 0.2) is 5.76 Å². The number of piperazine rings is 1. The van der Waals surface area contributed by atoms with Crippen LogP contribution in [0.5, 0.6) is 0 Å². The molecule has 1 aromatic heterocycles. The van der Waals surface area contributed by atoms with E-state index in [-0.39, 0.29) is 39.6 Å². The molecule has 0 saturated carbocycles. The highest BCUT2D eigenvalue weighted by atomic mass is 35.5. The maximum atomic E-state index is 12.9. The molecule has 31 heavy (non-hydrogen) atoms. The molecule has 0 aliphatic carbocycles. The predicted molar refractivity (Wildman–Crippen MR) is 112 cm³/mol. The van der Waals surface area contributed by atoms with Crippen molar-refractivity contribution in [1.82, 2.24) is 9.80 Å². The molecule has 9 nitrogen and oxygen atoms in total. The molecule has 0 N–H and O–H groups in total. The van der Waals surface area contributed by atoms with Crippen molar-refractivity contribution in [1.29, 1.82) is 0 Å². The van der Waals surface area contributed by atoms with Crippen molar-refractivity contribution >= 4 is 45.0 Å². The summed E-state index contributed by atoms with van der Waals surface area (Å²) in [5, 5.41) is 0.0548. The van der Waals surface area contributed by atoms with Crippen molar-refractivity contribution in [2.45, 2.75) is 6.92 Å². The summed E-state index contributed by atoms with van der Waals surface area (Å²) < 4.78 is 30.4. The van der Waals surface area contributed by atoms with Crippen LogP contribution in [0.1, 0.15) is 27.8 Å². The molecule has 2 aliphatic rings. The third-order valence-corrected chi connectivity index (χ3v) is 7.55. The zero-order valence-corrected chi connectivity index (χ0v) is 18.2. The number of hydrogen-bond donors (Lipinski definition) is 0. The normalized spacial score (nSPS) is 20.9. The van der Waals surface area contributed by atoms with Gasteiger partial charge >= 0.3 is 0 Å². The van der Waals surface area contributed by atoms with E-state index in [1.165, 1.54) is 24.5 Å². The molecule has 3 amide bonds. The summed E-state index contributed by atoms with van der Waals surface area (Å²) in [6.07, 6.45) is 1.43. The van der Waals surface area contributed by atoms with Crippen LogP contribution < -0.4 is 4.31 Å². The zero-order chi connectivity index (χ0) is 22.3. The maximum absolute atomic E-state index is 12.9. The fourth-order valence-electron chi connectivity index (χ4n) is 3.73. The third kappa shape index (κ3) is 3.92. The number of anilines is 1. The van der Waals surface area contributed by atoms with E-state index < -0.39 is 21.8 Å². The van der Waals surface area contributed by atoms with Crippen molar-refractivity contribution in [3.8, 4) is 0 Å². The summed E-state index contributed by atoms with van der Waals surface area (Å²) in [6, 6.07) is 7.38. The van der Waals surface area contributed by atoms with Crippen LogP contribution in [0.3, 0.4) is 0 Å². The Hall–Kier alpha value is -2.85. The Morgan fingerprint density at radius 3 is 2.23 bits per heavy atom. The number of carbonyl (C=O) groups excluding carboxylic acids is 3. The third-order valence-electron chi connectivity index (χ3n) is 5.36. The Bertz CT molecular complexity index is 1140. The van der Waals surface area contributed by atoms with E-state index in [1.54, 1.807) is 28.9 Å². The summed E-state index contributed by atoms with van der Waals surface area (Å²) >= 11 is 6.29. The van der Waals surface area contributed by atoms with Gasteiger partial charge in [-0.3, -0.25) is 14.4 Å². The molecule has 1 atom stereocenters. The van der Waals surface area contributed by atoms with Gasteiger partial charge in [-0.2, -0.15) is 0 Å². The van der Waals surface area contributed by atoms with Crippen LogP contribution in [0, 0.1) is 5.92 Å². The molecule has 164 valence electrons. The first-order chi connectivity index (χ1) is 14.7. The molecular weight excluding hydrogens is 446 g/mol. The topological polar surface area (TPSA) is 108 Å². The summed E-state index contributed by atoms with van der Waals surface area (Å²) in [4.78, 5) is 40.7. The standard InChI is InChI=1S/C20H20ClN3O6S/c1-13-12-31(28,29)24(18(13)25)14-4-5-15(16(21)11-14)19(26)22-6-8-23(9-7-22)20(27)17-3-2-10-30-17/h2-5,10-11,13H,6-9,12H2,1H3. The molecule has 2 fully saturated rings. The number of halogens is 1. The summed E-state index contributed by atoms with van der Waals surface area (Å²) in [6.45, 7) is 2.88. The van der Waals surface area contributed by atoms with Crippen LogP contribution in [0.4, 0.5) is 5.69 Å². The van der Waals surface area contributed by atoms with Crippen LogP contribution in [-0.2, 0) is 14.8 Å². The van der Waals surface area contributed by atoms with Crippen molar-refractivity contribution in [3.05, 3.63) is 52.9 Å². The van der Waals surface area contributed by atoms with Gasteiger partial charge in [-0.25, -0.2) is 12.7 Å². The first-order valence-electron chi connectivity index (χ1n) is 9.67. The highest BCUT2D eigenvalue weighted by Gasteiger charge is 2.42. The van der Waals surface area contributed by atoms with Gasteiger partial charge < -0.3 is 14.2 Å². The van der Waals surface area contributed by atoms with Gasteiger partial charge in [0.1, 0.15) is 0 Å². The highest BCUT2D eigenvalue weighted by molar-refractivity contribution is 7.94. The van der Waals surface area contributed by atoms with Crippen molar-refractivity contribution in [2.24, 2.45) is 5.92 Å². The quantitative estimate of drug-likeness (QED) is 0.684. The number of rotatable bonds is 3. The number of nitrogens with zero attached hydrogens (tertiary/aromatic N) is 3. The average molecular weight is 466 g/mol. The fourth-order valence-corrected chi connectivity index (χ4v) is 5.80. The van der Waals surface area contributed by atoms with E-state index in [2.05, 4.69) is 0 Å². The second-order valence-electron chi connectivity index (χ2n) is 7.51. The van der Waals surface area contributed by atoms with E-state index in [1.807, 2.05) is 0 Å². The van der Waals surface area contributed by atoms with E-state index in [4.69, 9.17) is 16.0 Å². The van der Waals surface area contributed by atoms with Gasteiger partial charge in [-0.1, -0.05) is 18.5 Å². The van der Waals surface area contributed by atoms with Crippen LogP contribution in [0.2, 0.25) is 5.02 Å².